The van der Waals surface area contributed by atoms with E-state index < -0.39 is 11.3 Å². The van der Waals surface area contributed by atoms with Crippen molar-refractivity contribution in [1.82, 2.24) is 5.32 Å². The first-order valence-corrected chi connectivity index (χ1v) is 6.60. The topological polar surface area (TPSA) is 55.4 Å². The van der Waals surface area contributed by atoms with Gasteiger partial charge >= 0.3 is 0 Å². The van der Waals surface area contributed by atoms with Crippen LogP contribution < -0.4 is 5.32 Å². The van der Waals surface area contributed by atoms with Crippen LogP contribution in [0.5, 0.6) is 0 Å². The molecule has 1 heterocycles. The fourth-order valence-corrected chi connectivity index (χ4v) is 2.97. The zero-order chi connectivity index (χ0) is 14.8. The summed E-state index contributed by atoms with van der Waals surface area (Å²) in [6.07, 6.45) is 0.854. The summed E-state index contributed by atoms with van der Waals surface area (Å²) in [4.78, 5) is 24.0. The second-order valence-electron chi connectivity index (χ2n) is 5.22. The van der Waals surface area contributed by atoms with E-state index in [2.05, 4.69) is 5.32 Å². The van der Waals surface area contributed by atoms with Gasteiger partial charge in [-0.3, -0.25) is 14.9 Å². The number of carbonyl (C=O) groups is 2. The van der Waals surface area contributed by atoms with Gasteiger partial charge in [0.1, 0.15) is 5.82 Å². The molecule has 1 aliphatic heterocycles. The predicted molar refractivity (Wildman–Crippen MR) is 71.5 cm³/mol. The standard InChI is InChI=1S/C15H18FNO3/c1-3-15(9-20-2)8-12(18)17-14(19)13(15)10-4-6-11(16)7-5-10/h4-7,13H,3,8-9H2,1-2H3,(H,17,18,19). The van der Waals surface area contributed by atoms with E-state index in [0.29, 0.717) is 18.6 Å². The number of rotatable bonds is 4. The summed E-state index contributed by atoms with van der Waals surface area (Å²) >= 11 is 0. The van der Waals surface area contributed by atoms with Crippen LogP contribution in [0.15, 0.2) is 24.3 Å². The fourth-order valence-electron chi connectivity index (χ4n) is 2.97. The molecule has 0 bridgehead atoms. The maximum absolute atomic E-state index is 13.1. The summed E-state index contributed by atoms with van der Waals surface area (Å²) in [6, 6.07) is 5.84. The molecule has 20 heavy (non-hydrogen) atoms. The summed E-state index contributed by atoms with van der Waals surface area (Å²) in [5, 5.41) is 2.36. The number of ether oxygens (including phenoxy) is 1. The highest BCUT2D eigenvalue weighted by atomic mass is 19.1. The van der Waals surface area contributed by atoms with Crippen LogP contribution in [0.4, 0.5) is 4.39 Å². The van der Waals surface area contributed by atoms with Crippen LogP contribution in [0.25, 0.3) is 0 Å². The van der Waals surface area contributed by atoms with Gasteiger partial charge in [-0.05, 0) is 24.1 Å². The summed E-state index contributed by atoms with van der Waals surface area (Å²) < 4.78 is 18.3. The Hall–Kier alpha value is -1.75. The van der Waals surface area contributed by atoms with E-state index in [1.807, 2.05) is 6.92 Å². The zero-order valence-electron chi connectivity index (χ0n) is 11.6. The van der Waals surface area contributed by atoms with Crippen LogP contribution in [0.1, 0.15) is 31.2 Å². The number of halogens is 1. The van der Waals surface area contributed by atoms with Crippen molar-refractivity contribution in [1.29, 1.82) is 0 Å². The Kier molecular flexibility index (Phi) is 4.18. The molecule has 2 atom stereocenters. The summed E-state index contributed by atoms with van der Waals surface area (Å²) in [7, 11) is 1.55. The number of hydrogen-bond donors (Lipinski definition) is 1. The van der Waals surface area contributed by atoms with E-state index in [1.54, 1.807) is 19.2 Å². The molecule has 4 nitrogen and oxygen atoms in total. The third-order valence-corrected chi connectivity index (χ3v) is 3.99. The van der Waals surface area contributed by atoms with Gasteiger partial charge in [-0.2, -0.15) is 0 Å². The average Bonchev–Trinajstić information content (AvgIpc) is 2.40. The molecule has 1 fully saturated rings. The van der Waals surface area contributed by atoms with Crippen LogP contribution >= 0.6 is 0 Å². The molecule has 0 radical (unpaired) electrons. The SMILES string of the molecule is CCC1(COC)CC(=O)NC(=O)C1c1ccc(F)cc1. The van der Waals surface area contributed by atoms with E-state index >= 15 is 0 Å². The minimum Gasteiger partial charge on any atom is -0.384 e. The number of imide groups is 1. The Bertz CT molecular complexity index is 514. The van der Waals surface area contributed by atoms with E-state index in [-0.39, 0.29) is 24.1 Å². The molecule has 1 N–H and O–H groups in total. The average molecular weight is 279 g/mol. The monoisotopic (exact) mass is 279 g/mol. The smallest absolute Gasteiger partial charge is 0.234 e. The molecule has 1 aliphatic rings. The Morgan fingerprint density at radius 3 is 2.55 bits per heavy atom. The first kappa shape index (κ1) is 14.7. The van der Waals surface area contributed by atoms with Gasteiger partial charge in [0.05, 0.1) is 12.5 Å². The summed E-state index contributed by atoms with van der Waals surface area (Å²) in [6.45, 7) is 2.24. The Balaban J connectivity index is 2.46. The minimum absolute atomic E-state index is 0.227. The highest BCUT2D eigenvalue weighted by molar-refractivity contribution is 6.02. The van der Waals surface area contributed by atoms with E-state index in [9.17, 15) is 14.0 Å². The van der Waals surface area contributed by atoms with Crippen LogP contribution in [0.3, 0.4) is 0 Å². The molecule has 0 spiro atoms. The largest absolute Gasteiger partial charge is 0.384 e. The molecule has 2 unspecified atom stereocenters. The van der Waals surface area contributed by atoms with Gasteiger partial charge in [0, 0.05) is 18.9 Å². The number of amides is 2. The van der Waals surface area contributed by atoms with Crippen molar-refractivity contribution >= 4 is 11.8 Å². The number of benzene rings is 1. The van der Waals surface area contributed by atoms with Crippen molar-refractivity contribution < 1.29 is 18.7 Å². The lowest BCUT2D eigenvalue weighted by Crippen LogP contribution is -2.52. The maximum Gasteiger partial charge on any atom is 0.234 e. The molecule has 1 aromatic carbocycles. The van der Waals surface area contributed by atoms with Crippen molar-refractivity contribution in [3.05, 3.63) is 35.6 Å². The second kappa shape index (κ2) is 5.71. The Labute approximate surface area is 117 Å². The minimum atomic E-state index is -0.577. The Morgan fingerprint density at radius 2 is 2.00 bits per heavy atom. The Morgan fingerprint density at radius 1 is 1.35 bits per heavy atom. The number of piperidine rings is 1. The molecule has 0 aliphatic carbocycles. The van der Waals surface area contributed by atoms with Crippen molar-refractivity contribution in [3.8, 4) is 0 Å². The number of methoxy groups -OCH3 is 1. The van der Waals surface area contributed by atoms with Crippen molar-refractivity contribution in [3.63, 3.8) is 0 Å². The number of nitrogens with one attached hydrogen (secondary N) is 1. The lowest BCUT2D eigenvalue weighted by molar-refractivity contribution is -0.142. The lowest BCUT2D eigenvalue weighted by Gasteiger charge is -2.41. The second-order valence-corrected chi connectivity index (χ2v) is 5.22. The summed E-state index contributed by atoms with van der Waals surface area (Å²) in [5.74, 6) is -1.49. The molecule has 2 amide bonds. The molecule has 5 heteroatoms. The molecular formula is C15H18FNO3. The first-order valence-electron chi connectivity index (χ1n) is 6.60. The third-order valence-electron chi connectivity index (χ3n) is 3.99. The van der Waals surface area contributed by atoms with Gasteiger partial charge < -0.3 is 4.74 Å². The highest BCUT2D eigenvalue weighted by Crippen LogP contribution is 2.44. The van der Waals surface area contributed by atoms with Gasteiger partial charge in [-0.1, -0.05) is 19.1 Å². The van der Waals surface area contributed by atoms with Crippen LogP contribution in [0.2, 0.25) is 0 Å². The predicted octanol–water partition coefficient (Wildman–Crippen LogP) is 2.00. The molecule has 2 rings (SSSR count). The fraction of sp³-hybridized carbons (Fsp3) is 0.467. The van der Waals surface area contributed by atoms with Crippen LogP contribution in [0, 0.1) is 11.2 Å². The normalized spacial score (nSPS) is 26.4. The lowest BCUT2D eigenvalue weighted by atomic mass is 9.66. The zero-order valence-corrected chi connectivity index (χ0v) is 11.6. The number of hydrogen-bond acceptors (Lipinski definition) is 3. The van der Waals surface area contributed by atoms with Crippen molar-refractivity contribution in [2.24, 2.45) is 5.41 Å². The van der Waals surface area contributed by atoms with Crippen molar-refractivity contribution in [2.45, 2.75) is 25.7 Å². The first-order chi connectivity index (χ1) is 9.52. The molecule has 0 aromatic heterocycles. The van der Waals surface area contributed by atoms with Crippen molar-refractivity contribution in [2.75, 3.05) is 13.7 Å². The highest BCUT2D eigenvalue weighted by Gasteiger charge is 2.48. The van der Waals surface area contributed by atoms with Gasteiger partial charge in [-0.15, -0.1) is 0 Å². The third kappa shape index (κ3) is 2.58. The summed E-state index contributed by atoms with van der Waals surface area (Å²) in [5.41, 5.74) is 0.127. The van der Waals surface area contributed by atoms with Crippen LogP contribution in [-0.2, 0) is 14.3 Å². The molecule has 108 valence electrons. The quantitative estimate of drug-likeness (QED) is 0.858. The van der Waals surface area contributed by atoms with Crippen LogP contribution in [-0.4, -0.2) is 25.5 Å². The molecule has 0 saturated carbocycles. The molecular weight excluding hydrogens is 261 g/mol. The van der Waals surface area contributed by atoms with Gasteiger partial charge in [-0.25, -0.2) is 4.39 Å². The van der Waals surface area contributed by atoms with Gasteiger partial charge in [0.2, 0.25) is 11.8 Å². The maximum atomic E-state index is 13.1. The number of carbonyl (C=O) groups excluding carboxylic acids is 2. The molecule has 1 saturated heterocycles. The molecule has 1 aromatic rings. The van der Waals surface area contributed by atoms with E-state index in [0.717, 1.165) is 0 Å². The van der Waals surface area contributed by atoms with E-state index in [1.165, 1.54) is 12.1 Å². The van der Waals surface area contributed by atoms with Gasteiger partial charge in [0.15, 0.2) is 0 Å². The van der Waals surface area contributed by atoms with Gasteiger partial charge in [0.25, 0.3) is 0 Å². The van der Waals surface area contributed by atoms with E-state index in [4.69, 9.17) is 4.74 Å².